The predicted octanol–water partition coefficient (Wildman–Crippen LogP) is 6.11. The number of carbonyl (C=O) groups is 1. The van der Waals surface area contributed by atoms with E-state index in [1.165, 1.54) is 11.3 Å². The lowest BCUT2D eigenvalue weighted by molar-refractivity contribution is 0.103. The molecule has 0 aliphatic rings. The molecule has 3 aromatic rings. The van der Waals surface area contributed by atoms with Crippen molar-refractivity contribution in [3.63, 3.8) is 0 Å². The van der Waals surface area contributed by atoms with Crippen LogP contribution in [0.3, 0.4) is 0 Å². The van der Waals surface area contributed by atoms with Gasteiger partial charge in [-0.15, -0.1) is 11.3 Å². The fraction of sp³-hybridized carbons (Fsp3) is 0. The van der Waals surface area contributed by atoms with E-state index in [4.69, 9.17) is 34.8 Å². The van der Waals surface area contributed by atoms with Gasteiger partial charge in [-0.1, -0.05) is 53.0 Å². The number of carbonyl (C=O) groups excluding carboxylic acids is 1. The molecular formula is C15H8Cl3NOS. The van der Waals surface area contributed by atoms with Gasteiger partial charge in [0.25, 0.3) is 5.91 Å². The second-order valence-electron chi connectivity index (χ2n) is 4.29. The summed E-state index contributed by atoms with van der Waals surface area (Å²) in [6.07, 6.45) is 0. The van der Waals surface area contributed by atoms with Crippen molar-refractivity contribution in [2.45, 2.75) is 0 Å². The molecule has 1 heterocycles. The van der Waals surface area contributed by atoms with E-state index in [1.807, 2.05) is 12.1 Å². The van der Waals surface area contributed by atoms with Gasteiger partial charge in [-0.05, 0) is 24.3 Å². The van der Waals surface area contributed by atoms with Gasteiger partial charge in [0, 0.05) is 10.1 Å². The molecule has 3 rings (SSSR count). The number of halogens is 3. The summed E-state index contributed by atoms with van der Waals surface area (Å²) in [5.74, 6) is -0.301. The third kappa shape index (κ3) is 2.74. The van der Waals surface area contributed by atoms with Crippen molar-refractivity contribution in [3.05, 3.63) is 62.4 Å². The molecule has 6 heteroatoms. The third-order valence-corrected chi connectivity index (χ3v) is 5.22. The second kappa shape index (κ2) is 5.85. The summed E-state index contributed by atoms with van der Waals surface area (Å²) < 4.78 is 0.872. The summed E-state index contributed by atoms with van der Waals surface area (Å²) in [6.45, 7) is 0. The first kappa shape index (κ1) is 14.7. The molecule has 2 aromatic carbocycles. The summed E-state index contributed by atoms with van der Waals surface area (Å²) in [5.41, 5.74) is 0.545. The SMILES string of the molecule is O=C(Nc1ccccc1Cl)c1sc2cccc(Cl)c2c1Cl. The van der Waals surface area contributed by atoms with Crippen molar-refractivity contribution in [1.29, 1.82) is 0 Å². The Morgan fingerprint density at radius 2 is 1.67 bits per heavy atom. The summed E-state index contributed by atoms with van der Waals surface area (Å²) in [6, 6.07) is 12.5. The van der Waals surface area contributed by atoms with E-state index in [0.717, 1.165) is 4.70 Å². The van der Waals surface area contributed by atoms with Crippen molar-refractivity contribution >= 4 is 67.8 Å². The van der Waals surface area contributed by atoms with E-state index in [-0.39, 0.29) is 5.91 Å². The van der Waals surface area contributed by atoms with E-state index in [1.54, 1.807) is 30.3 Å². The molecule has 1 N–H and O–H groups in total. The summed E-state index contributed by atoms with van der Waals surface area (Å²) in [4.78, 5) is 12.8. The Hall–Kier alpha value is -1.26. The Morgan fingerprint density at radius 3 is 2.38 bits per heavy atom. The maximum absolute atomic E-state index is 12.4. The Labute approximate surface area is 140 Å². The van der Waals surface area contributed by atoms with Gasteiger partial charge in [0.2, 0.25) is 0 Å². The zero-order valence-electron chi connectivity index (χ0n) is 10.5. The number of amides is 1. The number of hydrogen-bond acceptors (Lipinski definition) is 2. The van der Waals surface area contributed by atoms with Gasteiger partial charge in [0.15, 0.2) is 0 Å². The highest BCUT2D eigenvalue weighted by Crippen LogP contribution is 2.39. The zero-order chi connectivity index (χ0) is 15.0. The smallest absolute Gasteiger partial charge is 0.267 e. The number of para-hydroxylation sites is 1. The van der Waals surface area contributed by atoms with E-state index < -0.39 is 0 Å². The van der Waals surface area contributed by atoms with Crippen LogP contribution in [-0.4, -0.2) is 5.91 Å². The molecule has 0 aliphatic carbocycles. The van der Waals surface area contributed by atoms with Crippen molar-refractivity contribution in [3.8, 4) is 0 Å². The molecule has 1 amide bonds. The number of anilines is 1. The number of thiophene rings is 1. The predicted molar refractivity (Wildman–Crippen MR) is 91.3 cm³/mol. The van der Waals surface area contributed by atoms with Gasteiger partial charge >= 0.3 is 0 Å². The van der Waals surface area contributed by atoms with Crippen LogP contribution in [0.4, 0.5) is 5.69 Å². The fourth-order valence-electron chi connectivity index (χ4n) is 1.96. The molecule has 0 saturated carbocycles. The highest BCUT2D eigenvalue weighted by atomic mass is 35.5. The Kier molecular flexibility index (Phi) is 4.09. The first-order chi connectivity index (χ1) is 10.1. The number of rotatable bonds is 2. The topological polar surface area (TPSA) is 29.1 Å². The lowest BCUT2D eigenvalue weighted by Crippen LogP contribution is -2.10. The third-order valence-electron chi connectivity index (χ3n) is 2.93. The lowest BCUT2D eigenvalue weighted by Gasteiger charge is -2.05. The van der Waals surface area contributed by atoms with Crippen LogP contribution >= 0.6 is 46.1 Å². The van der Waals surface area contributed by atoms with E-state index in [9.17, 15) is 4.79 Å². The molecule has 0 fully saturated rings. The van der Waals surface area contributed by atoms with Crippen LogP contribution in [-0.2, 0) is 0 Å². The molecule has 0 atom stereocenters. The minimum atomic E-state index is -0.301. The number of fused-ring (bicyclic) bond motifs is 1. The average Bonchev–Trinajstić information content (AvgIpc) is 2.80. The molecule has 0 saturated heterocycles. The quantitative estimate of drug-likeness (QED) is 0.589. The van der Waals surface area contributed by atoms with Crippen LogP contribution in [0.2, 0.25) is 15.1 Å². The first-order valence-electron chi connectivity index (χ1n) is 6.00. The maximum atomic E-state index is 12.4. The molecule has 0 bridgehead atoms. The standard InChI is InChI=1S/C15H8Cl3NOS/c16-8-4-1-2-6-10(8)19-15(20)14-13(18)12-9(17)5-3-7-11(12)21-14/h1-7H,(H,19,20). The van der Waals surface area contributed by atoms with Crippen LogP contribution in [0.1, 0.15) is 9.67 Å². The molecule has 21 heavy (non-hydrogen) atoms. The van der Waals surface area contributed by atoms with Crippen LogP contribution in [0.25, 0.3) is 10.1 Å². The monoisotopic (exact) mass is 355 g/mol. The van der Waals surface area contributed by atoms with E-state index >= 15 is 0 Å². The van der Waals surface area contributed by atoms with Gasteiger partial charge in [-0.2, -0.15) is 0 Å². The molecular weight excluding hydrogens is 349 g/mol. The summed E-state index contributed by atoms with van der Waals surface area (Å²) in [7, 11) is 0. The van der Waals surface area contributed by atoms with Crippen molar-refractivity contribution in [2.75, 3.05) is 5.32 Å². The number of nitrogens with one attached hydrogen (secondary N) is 1. The van der Waals surface area contributed by atoms with E-state index in [0.29, 0.717) is 31.0 Å². The summed E-state index contributed by atoms with van der Waals surface area (Å²) >= 11 is 19.8. The molecule has 2 nitrogen and oxygen atoms in total. The average molecular weight is 357 g/mol. The Morgan fingerprint density at radius 1 is 0.952 bits per heavy atom. The van der Waals surface area contributed by atoms with Gasteiger partial charge in [-0.3, -0.25) is 4.79 Å². The van der Waals surface area contributed by atoms with Crippen LogP contribution < -0.4 is 5.32 Å². The van der Waals surface area contributed by atoms with Crippen molar-refractivity contribution < 1.29 is 4.79 Å². The van der Waals surface area contributed by atoms with Crippen LogP contribution in [0.15, 0.2) is 42.5 Å². The largest absolute Gasteiger partial charge is 0.320 e. The van der Waals surface area contributed by atoms with Gasteiger partial charge < -0.3 is 5.32 Å². The normalized spacial score (nSPS) is 10.8. The lowest BCUT2D eigenvalue weighted by atomic mass is 10.2. The van der Waals surface area contributed by atoms with E-state index in [2.05, 4.69) is 5.32 Å². The van der Waals surface area contributed by atoms with Crippen LogP contribution in [0, 0.1) is 0 Å². The summed E-state index contributed by atoms with van der Waals surface area (Å²) in [5, 5.41) is 4.84. The van der Waals surface area contributed by atoms with Crippen LogP contribution in [0.5, 0.6) is 0 Å². The number of benzene rings is 2. The molecule has 0 radical (unpaired) electrons. The second-order valence-corrected chi connectivity index (χ2v) is 6.54. The molecule has 1 aromatic heterocycles. The molecule has 0 spiro atoms. The fourth-order valence-corrected chi connectivity index (χ4v) is 3.99. The zero-order valence-corrected chi connectivity index (χ0v) is 13.6. The Balaban J connectivity index is 2.01. The van der Waals surface area contributed by atoms with Gasteiger partial charge in [-0.25, -0.2) is 0 Å². The molecule has 106 valence electrons. The van der Waals surface area contributed by atoms with Crippen molar-refractivity contribution in [2.24, 2.45) is 0 Å². The minimum Gasteiger partial charge on any atom is -0.320 e. The minimum absolute atomic E-state index is 0.301. The number of hydrogen-bond donors (Lipinski definition) is 1. The Bertz CT molecular complexity index is 844. The highest BCUT2D eigenvalue weighted by Gasteiger charge is 2.19. The maximum Gasteiger partial charge on any atom is 0.267 e. The molecule has 0 aliphatic heterocycles. The first-order valence-corrected chi connectivity index (χ1v) is 7.95. The highest BCUT2D eigenvalue weighted by molar-refractivity contribution is 7.21. The van der Waals surface area contributed by atoms with Gasteiger partial charge in [0.1, 0.15) is 4.88 Å². The molecule has 0 unspecified atom stereocenters. The van der Waals surface area contributed by atoms with Crippen molar-refractivity contribution in [1.82, 2.24) is 0 Å². The van der Waals surface area contributed by atoms with Gasteiger partial charge in [0.05, 0.1) is 20.8 Å².